The lowest BCUT2D eigenvalue weighted by Gasteiger charge is -2.23. The Morgan fingerprint density at radius 1 is 1.23 bits per heavy atom. The Hall–Kier alpha value is -2.25. The van der Waals surface area contributed by atoms with Crippen LogP contribution >= 0.6 is 11.6 Å². The van der Waals surface area contributed by atoms with E-state index in [0.717, 1.165) is 23.7 Å². The van der Waals surface area contributed by atoms with Crippen molar-refractivity contribution in [3.63, 3.8) is 0 Å². The molecule has 0 unspecified atom stereocenters. The Morgan fingerprint density at radius 3 is 2.81 bits per heavy atom. The highest BCUT2D eigenvalue weighted by molar-refractivity contribution is 6.31. The Balaban J connectivity index is 1.72. The molecule has 8 heteroatoms. The van der Waals surface area contributed by atoms with Crippen molar-refractivity contribution in [2.75, 3.05) is 18.5 Å². The van der Waals surface area contributed by atoms with Crippen LogP contribution in [0.5, 0.6) is 0 Å². The van der Waals surface area contributed by atoms with Crippen molar-refractivity contribution >= 4 is 34.0 Å². The first-order chi connectivity index (χ1) is 12.6. The highest BCUT2D eigenvalue weighted by Crippen LogP contribution is 2.33. The second-order valence-electron chi connectivity index (χ2n) is 6.19. The van der Waals surface area contributed by atoms with Gasteiger partial charge in [0.2, 0.25) is 0 Å². The molecule has 3 heterocycles. The first-order valence-corrected chi connectivity index (χ1v) is 8.76. The SMILES string of the molecule is FC(F)c1cc(Nc2nn(C3CCOCC3)c3ccncc23)ccc1Cl. The van der Waals surface area contributed by atoms with Crippen LogP contribution < -0.4 is 5.32 Å². The van der Waals surface area contributed by atoms with E-state index in [2.05, 4.69) is 10.3 Å². The van der Waals surface area contributed by atoms with Crippen LogP contribution in [-0.4, -0.2) is 28.0 Å². The minimum Gasteiger partial charge on any atom is -0.381 e. The van der Waals surface area contributed by atoms with E-state index in [1.165, 1.54) is 12.1 Å². The van der Waals surface area contributed by atoms with Gasteiger partial charge in [0.25, 0.3) is 6.43 Å². The van der Waals surface area contributed by atoms with Crippen molar-refractivity contribution in [3.8, 4) is 0 Å². The fourth-order valence-corrected chi connectivity index (χ4v) is 3.41. The molecule has 2 aromatic heterocycles. The third kappa shape index (κ3) is 3.24. The van der Waals surface area contributed by atoms with Crippen LogP contribution in [-0.2, 0) is 4.74 Å². The van der Waals surface area contributed by atoms with E-state index >= 15 is 0 Å². The van der Waals surface area contributed by atoms with Gasteiger partial charge in [0.15, 0.2) is 5.82 Å². The third-order valence-electron chi connectivity index (χ3n) is 4.54. The number of benzene rings is 1. The maximum atomic E-state index is 13.1. The number of ether oxygens (including phenoxy) is 1. The van der Waals surface area contributed by atoms with Crippen molar-refractivity contribution in [1.29, 1.82) is 0 Å². The van der Waals surface area contributed by atoms with E-state index in [9.17, 15) is 8.78 Å². The molecule has 4 rings (SSSR count). The van der Waals surface area contributed by atoms with Gasteiger partial charge in [0.05, 0.1) is 16.9 Å². The van der Waals surface area contributed by atoms with Crippen molar-refractivity contribution in [3.05, 3.63) is 47.2 Å². The van der Waals surface area contributed by atoms with Gasteiger partial charge < -0.3 is 10.1 Å². The lowest BCUT2D eigenvalue weighted by Crippen LogP contribution is -2.20. The van der Waals surface area contributed by atoms with Crippen molar-refractivity contribution in [2.45, 2.75) is 25.3 Å². The van der Waals surface area contributed by atoms with Gasteiger partial charge in [-0.3, -0.25) is 9.67 Å². The van der Waals surface area contributed by atoms with Gasteiger partial charge in [0, 0.05) is 41.9 Å². The summed E-state index contributed by atoms with van der Waals surface area (Å²) in [6, 6.07) is 6.62. The molecule has 1 aliphatic heterocycles. The molecule has 0 atom stereocenters. The zero-order valence-electron chi connectivity index (χ0n) is 13.8. The molecule has 3 aromatic rings. The number of halogens is 3. The Kier molecular flexibility index (Phi) is 4.74. The Morgan fingerprint density at radius 2 is 2.04 bits per heavy atom. The third-order valence-corrected chi connectivity index (χ3v) is 4.88. The maximum Gasteiger partial charge on any atom is 0.265 e. The molecule has 0 amide bonds. The summed E-state index contributed by atoms with van der Waals surface area (Å²) in [6.45, 7) is 1.41. The molecule has 26 heavy (non-hydrogen) atoms. The van der Waals surface area contributed by atoms with Gasteiger partial charge in [-0.2, -0.15) is 5.10 Å². The lowest BCUT2D eigenvalue weighted by molar-refractivity contribution is 0.0675. The fraction of sp³-hybridized carbons (Fsp3) is 0.333. The fourth-order valence-electron chi connectivity index (χ4n) is 3.21. The lowest BCUT2D eigenvalue weighted by atomic mass is 10.1. The minimum absolute atomic E-state index is 0.0461. The molecule has 0 bridgehead atoms. The number of hydrogen-bond acceptors (Lipinski definition) is 4. The number of fused-ring (bicyclic) bond motifs is 1. The van der Waals surface area contributed by atoms with E-state index < -0.39 is 6.43 Å². The quantitative estimate of drug-likeness (QED) is 0.684. The smallest absolute Gasteiger partial charge is 0.265 e. The molecular weight excluding hydrogens is 362 g/mol. The molecule has 5 nitrogen and oxygen atoms in total. The normalized spacial score (nSPS) is 15.7. The number of nitrogens with zero attached hydrogens (tertiary/aromatic N) is 3. The molecule has 1 fully saturated rings. The summed E-state index contributed by atoms with van der Waals surface area (Å²) in [5, 5.41) is 8.71. The van der Waals surface area contributed by atoms with Crippen LogP contribution in [0.15, 0.2) is 36.7 Å². The predicted molar refractivity (Wildman–Crippen MR) is 96.3 cm³/mol. The van der Waals surface area contributed by atoms with Gasteiger partial charge >= 0.3 is 0 Å². The summed E-state index contributed by atoms with van der Waals surface area (Å²) < 4.78 is 33.6. The average molecular weight is 379 g/mol. The minimum atomic E-state index is -2.64. The summed E-state index contributed by atoms with van der Waals surface area (Å²) in [4.78, 5) is 4.17. The molecule has 1 saturated heterocycles. The summed E-state index contributed by atoms with van der Waals surface area (Å²) in [6.07, 6.45) is 2.58. The topological polar surface area (TPSA) is 52.0 Å². The summed E-state index contributed by atoms with van der Waals surface area (Å²) in [5.74, 6) is 0.585. The molecule has 0 spiro atoms. The molecule has 1 aromatic carbocycles. The highest BCUT2D eigenvalue weighted by Gasteiger charge is 2.21. The molecule has 1 aliphatic rings. The van der Waals surface area contributed by atoms with Crippen molar-refractivity contribution in [2.24, 2.45) is 0 Å². The average Bonchev–Trinajstić information content (AvgIpc) is 3.02. The number of alkyl halides is 2. The zero-order chi connectivity index (χ0) is 18.1. The Bertz CT molecular complexity index is 925. The number of rotatable bonds is 4. The molecule has 0 radical (unpaired) electrons. The van der Waals surface area contributed by atoms with Crippen LogP contribution in [0.1, 0.15) is 30.9 Å². The molecule has 0 saturated carbocycles. The van der Waals surface area contributed by atoms with E-state index in [0.29, 0.717) is 24.7 Å². The second kappa shape index (κ2) is 7.17. The summed E-state index contributed by atoms with van der Waals surface area (Å²) in [5.41, 5.74) is 1.26. The summed E-state index contributed by atoms with van der Waals surface area (Å²) >= 11 is 5.85. The largest absolute Gasteiger partial charge is 0.381 e. The van der Waals surface area contributed by atoms with Crippen molar-refractivity contribution in [1.82, 2.24) is 14.8 Å². The van der Waals surface area contributed by atoms with Gasteiger partial charge in [-0.15, -0.1) is 0 Å². The second-order valence-corrected chi connectivity index (χ2v) is 6.60. The number of nitrogens with one attached hydrogen (secondary N) is 1. The number of aromatic nitrogens is 3. The van der Waals surface area contributed by atoms with Crippen LogP contribution in [0, 0.1) is 0 Å². The number of anilines is 2. The first-order valence-electron chi connectivity index (χ1n) is 8.38. The van der Waals surface area contributed by atoms with E-state index in [1.54, 1.807) is 18.5 Å². The number of pyridine rings is 1. The summed E-state index contributed by atoms with van der Waals surface area (Å²) in [7, 11) is 0. The van der Waals surface area contributed by atoms with Gasteiger partial charge in [-0.1, -0.05) is 11.6 Å². The van der Waals surface area contributed by atoms with Crippen LogP contribution in [0.25, 0.3) is 10.9 Å². The maximum absolute atomic E-state index is 13.1. The first kappa shape index (κ1) is 17.2. The van der Waals surface area contributed by atoms with Crippen LogP contribution in [0.3, 0.4) is 0 Å². The van der Waals surface area contributed by atoms with Gasteiger partial charge in [-0.05, 0) is 37.1 Å². The molecular formula is C18H17ClF2N4O. The predicted octanol–water partition coefficient (Wildman–Crippen LogP) is 5.12. The van der Waals surface area contributed by atoms with E-state index in [4.69, 9.17) is 21.4 Å². The molecule has 1 N–H and O–H groups in total. The van der Waals surface area contributed by atoms with Gasteiger partial charge in [-0.25, -0.2) is 8.78 Å². The Labute approximate surface area is 153 Å². The monoisotopic (exact) mass is 378 g/mol. The van der Waals surface area contributed by atoms with E-state index in [1.807, 2.05) is 10.7 Å². The van der Waals surface area contributed by atoms with Crippen LogP contribution in [0.2, 0.25) is 5.02 Å². The molecule has 0 aliphatic carbocycles. The zero-order valence-corrected chi connectivity index (χ0v) is 14.6. The standard InChI is InChI=1S/C18H17ClF2N4O/c19-15-2-1-11(9-13(15)17(20)21)23-18-14-10-22-6-3-16(14)25(24-18)12-4-7-26-8-5-12/h1-3,6,9-10,12,17H,4-5,7-8H2,(H,23,24). The van der Waals surface area contributed by atoms with E-state index in [-0.39, 0.29) is 16.6 Å². The van der Waals surface area contributed by atoms with Crippen molar-refractivity contribution < 1.29 is 13.5 Å². The number of hydrogen-bond donors (Lipinski definition) is 1. The van der Waals surface area contributed by atoms with Crippen LogP contribution in [0.4, 0.5) is 20.3 Å². The molecule has 136 valence electrons. The van der Waals surface area contributed by atoms with Gasteiger partial charge in [0.1, 0.15) is 0 Å². The highest BCUT2D eigenvalue weighted by atomic mass is 35.5.